The highest BCUT2D eigenvalue weighted by molar-refractivity contribution is 5.32. The van der Waals surface area contributed by atoms with Crippen molar-refractivity contribution < 1.29 is 4.74 Å². The Kier molecular flexibility index (Phi) is 6.98. The van der Waals surface area contributed by atoms with Gasteiger partial charge in [-0.05, 0) is 53.5 Å². The molecule has 1 saturated carbocycles. The van der Waals surface area contributed by atoms with Gasteiger partial charge in [0.2, 0.25) is 0 Å². The summed E-state index contributed by atoms with van der Waals surface area (Å²) < 4.78 is 7.64. The number of piperazine rings is 1. The SMILES string of the molecule is CCOc1ccc(C(c2nnnn2Cc2ccccc2)N2CCN(C3CCCC3)CC2)cc1. The van der Waals surface area contributed by atoms with E-state index in [9.17, 15) is 0 Å². The van der Waals surface area contributed by atoms with Crippen LogP contribution in [0.3, 0.4) is 0 Å². The minimum Gasteiger partial charge on any atom is -0.494 e. The molecule has 0 spiro atoms. The van der Waals surface area contributed by atoms with Gasteiger partial charge in [-0.1, -0.05) is 55.3 Å². The van der Waals surface area contributed by atoms with Crippen molar-refractivity contribution in [1.29, 1.82) is 0 Å². The van der Waals surface area contributed by atoms with E-state index >= 15 is 0 Å². The third-order valence-corrected chi connectivity index (χ3v) is 7.04. The van der Waals surface area contributed by atoms with Gasteiger partial charge < -0.3 is 4.74 Å². The number of hydrogen-bond acceptors (Lipinski definition) is 6. The zero-order chi connectivity index (χ0) is 22.5. The number of tetrazole rings is 1. The van der Waals surface area contributed by atoms with Crippen molar-refractivity contribution in [3.63, 3.8) is 0 Å². The second-order valence-corrected chi connectivity index (χ2v) is 9.10. The highest BCUT2D eigenvalue weighted by Gasteiger charge is 2.33. The minimum absolute atomic E-state index is 0.0186. The summed E-state index contributed by atoms with van der Waals surface area (Å²) in [6, 6.07) is 19.7. The molecule has 1 aliphatic heterocycles. The number of benzene rings is 2. The predicted octanol–water partition coefficient (Wildman–Crippen LogP) is 3.77. The summed E-state index contributed by atoms with van der Waals surface area (Å²) in [5.74, 6) is 1.80. The summed E-state index contributed by atoms with van der Waals surface area (Å²) in [6.07, 6.45) is 5.48. The van der Waals surface area contributed by atoms with Crippen LogP contribution in [0.1, 0.15) is 55.6 Å². The average molecular weight is 447 g/mol. The summed E-state index contributed by atoms with van der Waals surface area (Å²) in [5.41, 5.74) is 2.40. The lowest BCUT2D eigenvalue weighted by Crippen LogP contribution is -2.51. The van der Waals surface area contributed by atoms with E-state index in [1.54, 1.807) is 0 Å². The maximum Gasteiger partial charge on any atom is 0.173 e. The second-order valence-electron chi connectivity index (χ2n) is 9.10. The van der Waals surface area contributed by atoms with Gasteiger partial charge in [0.15, 0.2) is 5.82 Å². The molecule has 2 fully saturated rings. The Balaban J connectivity index is 1.41. The van der Waals surface area contributed by atoms with Gasteiger partial charge in [0.1, 0.15) is 5.75 Å². The largest absolute Gasteiger partial charge is 0.494 e. The summed E-state index contributed by atoms with van der Waals surface area (Å²) in [6.45, 7) is 7.61. The zero-order valence-corrected chi connectivity index (χ0v) is 19.5. The molecular formula is C26H34N6O. The van der Waals surface area contributed by atoms with Crippen LogP contribution in [0.2, 0.25) is 0 Å². The van der Waals surface area contributed by atoms with Gasteiger partial charge in [0, 0.05) is 32.2 Å². The fourth-order valence-electron chi connectivity index (χ4n) is 5.34. The van der Waals surface area contributed by atoms with Crippen molar-refractivity contribution >= 4 is 0 Å². The van der Waals surface area contributed by atoms with Gasteiger partial charge in [-0.15, -0.1) is 5.10 Å². The molecule has 1 aliphatic carbocycles. The third-order valence-electron chi connectivity index (χ3n) is 7.04. The van der Waals surface area contributed by atoms with Crippen molar-refractivity contribution in [2.75, 3.05) is 32.8 Å². The molecule has 7 heteroatoms. The molecule has 33 heavy (non-hydrogen) atoms. The maximum atomic E-state index is 5.68. The van der Waals surface area contributed by atoms with Gasteiger partial charge in [-0.3, -0.25) is 9.80 Å². The molecule has 0 amide bonds. The van der Waals surface area contributed by atoms with E-state index < -0.39 is 0 Å². The number of ether oxygens (including phenoxy) is 1. The highest BCUT2D eigenvalue weighted by atomic mass is 16.5. The monoisotopic (exact) mass is 446 g/mol. The molecule has 174 valence electrons. The molecule has 3 aromatic rings. The van der Waals surface area contributed by atoms with Crippen molar-refractivity contribution in [2.45, 2.75) is 51.2 Å². The van der Waals surface area contributed by atoms with E-state index in [4.69, 9.17) is 4.74 Å². The maximum absolute atomic E-state index is 5.68. The Hall–Kier alpha value is -2.77. The quantitative estimate of drug-likeness (QED) is 0.525. The zero-order valence-electron chi connectivity index (χ0n) is 19.5. The van der Waals surface area contributed by atoms with Crippen molar-refractivity contribution in [3.8, 4) is 5.75 Å². The number of nitrogens with zero attached hydrogens (tertiary/aromatic N) is 6. The summed E-state index contributed by atoms with van der Waals surface area (Å²) in [4.78, 5) is 5.25. The van der Waals surface area contributed by atoms with E-state index in [2.05, 4.69) is 73.9 Å². The van der Waals surface area contributed by atoms with Crippen LogP contribution in [0.25, 0.3) is 0 Å². The van der Waals surface area contributed by atoms with Crippen LogP contribution in [-0.4, -0.2) is 68.8 Å². The molecule has 7 nitrogen and oxygen atoms in total. The molecule has 1 atom stereocenters. The molecule has 2 aliphatic rings. The smallest absolute Gasteiger partial charge is 0.173 e. The van der Waals surface area contributed by atoms with Gasteiger partial charge >= 0.3 is 0 Å². The fraction of sp³-hybridized carbons (Fsp3) is 0.500. The average Bonchev–Trinajstić information content (AvgIpc) is 3.55. The lowest BCUT2D eigenvalue weighted by atomic mass is 10.0. The van der Waals surface area contributed by atoms with Crippen LogP contribution in [0.5, 0.6) is 5.75 Å². The van der Waals surface area contributed by atoms with Gasteiger partial charge in [-0.25, -0.2) is 4.68 Å². The number of hydrogen-bond donors (Lipinski definition) is 0. The Morgan fingerprint density at radius 3 is 2.36 bits per heavy atom. The van der Waals surface area contributed by atoms with E-state index in [-0.39, 0.29) is 6.04 Å². The van der Waals surface area contributed by atoms with E-state index in [0.717, 1.165) is 43.8 Å². The first-order valence-electron chi connectivity index (χ1n) is 12.3. The predicted molar refractivity (Wildman–Crippen MR) is 128 cm³/mol. The van der Waals surface area contributed by atoms with E-state index in [1.807, 2.05) is 17.7 Å². The van der Waals surface area contributed by atoms with Crippen LogP contribution >= 0.6 is 0 Å². The highest BCUT2D eigenvalue weighted by Crippen LogP contribution is 2.31. The third kappa shape index (κ3) is 5.09. The fourth-order valence-corrected chi connectivity index (χ4v) is 5.34. The molecule has 1 aromatic heterocycles. The molecule has 5 rings (SSSR count). The molecule has 0 radical (unpaired) electrons. The molecule has 2 heterocycles. The normalized spacial score (nSPS) is 19.1. The van der Waals surface area contributed by atoms with E-state index in [1.165, 1.54) is 36.8 Å². The number of rotatable bonds is 8. The lowest BCUT2D eigenvalue weighted by molar-refractivity contribution is 0.0771. The molecular weight excluding hydrogens is 412 g/mol. The Bertz CT molecular complexity index is 991. The number of aromatic nitrogens is 4. The Morgan fingerprint density at radius 2 is 1.67 bits per heavy atom. The molecule has 2 aromatic carbocycles. The summed E-state index contributed by atoms with van der Waals surface area (Å²) in [7, 11) is 0. The van der Waals surface area contributed by atoms with Crippen LogP contribution in [0, 0.1) is 0 Å². The topological polar surface area (TPSA) is 59.3 Å². The first-order valence-corrected chi connectivity index (χ1v) is 12.3. The van der Waals surface area contributed by atoms with Gasteiger partial charge in [0.25, 0.3) is 0 Å². The molecule has 0 N–H and O–H groups in total. The second kappa shape index (κ2) is 10.4. The first-order chi connectivity index (χ1) is 16.3. The molecule has 1 unspecified atom stereocenters. The lowest BCUT2D eigenvalue weighted by Gasteiger charge is -2.41. The van der Waals surface area contributed by atoms with E-state index in [0.29, 0.717) is 13.2 Å². The standard InChI is InChI=1S/C26H34N6O/c1-2-33-24-14-12-22(13-15-24)25(31-18-16-30(17-19-31)23-10-6-7-11-23)26-27-28-29-32(26)20-21-8-4-3-5-9-21/h3-5,8-9,12-15,23,25H,2,6-7,10-11,16-20H2,1H3. The van der Waals surface area contributed by atoms with Crippen LogP contribution in [-0.2, 0) is 6.54 Å². The minimum atomic E-state index is 0.0186. The first kappa shape index (κ1) is 22.0. The summed E-state index contributed by atoms with van der Waals surface area (Å²) in [5, 5.41) is 13.0. The van der Waals surface area contributed by atoms with Gasteiger partial charge in [-0.2, -0.15) is 0 Å². The van der Waals surface area contributed by atoms with Crippen molar-refractivity contribution in [2.24, 2.45) is 0 Å². The molecule has 0 bridgehead atoms. The Morgan fingerprint density at radius 1 is 0.939 bits per heavy atom. The Labute approximate surface area is 196 Å². The van der Waals surface area contributed by atoms with Crippen molar-refractivity contribution in [3.05, 3.63) is 71.5 Å². The van der Waals surface area contributed by atoms with Crippen LogP contribution in [0.15, 0.2) is 54.6 Å². The molecule has 1 saturated heterocycles. The summed E-state index contributed by atoms with van der Waals surface area (Å²) >= 11 is 0. The van der Waals surface area contributed by atoms with Crippen molar-refractivity contribution in [1.82, 2.24) is 30.0 Å². The van der Waals surface area contributed by atoms with Crippen LogP contribution in [0.4, 0.5) is 0 Å². The van der Waals surface area contributed by atoms with Gasteiger partial charge in [0.05, 0.1) is 19.2 Å². The van der Waals surface area contributed by atoms with Crippen LogP contribution < -0.4 is 4.74 Å².